The molecule has 0 aliphatic heterocycles. The van der Waals surface area contributed by atoms with E-state index in [1.165, 1.54) is 0 Å². The molecule has 100 valence electrons. The molecule has 4 nitrogen and oxygen atoms in total. The summed E-state index contributed by atoms with van der Waals surface area (Å²) in [4.78, 5) is 15.7. The first-order valence-corrected chi connectivity index (χ1v) is 6.98. The summed E-state index contributed by atoms with van der Waals surface area (Å²) in [5, 5.41) is 2.86. The number of hydrogen-bond acceptors (Lipinski definition) is 3. The van der Waals surface area contributed by atoms with Crippen molar-refractivity contribution in [1.29, 1.82) is 0 Å². The summed E-state index contributed by atoms with van der Waals surface area (Å²) >= 11 is 3.24. The van der Waals surface area contributed by atoms with E-state index in [0.717, 1.165) is 23.9 Å². The summed E-state index contributed by atoms with van der Waals surface area (Å²) in [6, 6.07) is 3.55. The van der Waals surface area contributed by atoms with E-state index in [0.29, 0.717) is 12.3 Å². The molecule has 1 amide bonds. The molecular formula is C13H19BrN2O2. The largest absolute Gasteiger partial charge is 0.479 e. The van der Waals surface area contributed by atoms with Gasteiger partial charge < -0.3 is 10.1 Å². The Balaban J connectivity index is 2.33. The Labute approximate surface area is 116 Å². The third kappa shape index (κ3) is 5.49. The van der Waals surface area contributed by atoms with Crippen molar-refractivity contribution in [2.45, 2.75) is 39.2 Å². The summed E-state index contributed by atoms with van der Waals surface area (Å²) in [5.41, 5.74) is 0. The SMILES string of the molecule is CCCCCNC(=O)C(C)Oc1ccc(Br)nc1. The first-order valence-electron chi connectivity index (χ1n) is 6.19. The van der Waals surface area contributed by atoms with Gasteiger partial charge in [0.1, 0.15) is 10.4 Å². The predicted molar refractivity (Wildman–Crippen MR) is 74.6 cm³/mol. The van der Waals surface area contributed by atoms with Crippen molar-refractivity contribution in [3.8, 4) is 5.75 Å². The Hall–Kier alpha value is -1.10. The van der Waals surface area contributed by atoms with Gasteiger partial charge in [0, 0.05) is 6.54 Å². The Bertz CT molecular complexity index is 368. The third-order valence-corrected chi connectivity index (χ3v) is 2.93. The normalized spacial score (nSPS) is 11.9. The Kier molecular flexibility index (Phi) is 6.72. The van der Waals surface area contributed by atoms with Gasteiger partial charge in [0.05, 0.1) is 6.20 Å². The monoisotopic (exact) mass is 314 g/mol. The maximum absolute atomic E-state index is 11.7. The zero-order chi connectivity index (χ0) is 13.4. The highest BCUT2D eigenvalue weighted by atomic mass is 79.9. The van der Waals surface area contributed by atoms with Crippen LogP contribution in [0.4, 0.5) is 0 Å². The molecule has 1 aromatic rings. The molecule has 0 spiro atoms. The van der Waals surface area contributed by atoms with Gasteiger partial charge in [0.2, 0.25) is 0 Å². The number of nitrogens with one attached hydrogen (secondary N) is 1. The molecule has 0 aromatic carbocycles. The molecule has 5 heteroatoms. The average molecular weight is 315 g/mol. The molecule has 1 aromatic heterocycles. The van der Waals surface area contributed by atoms with Gasteiger partial charge in [0.25, 0.3) is 5.91 Å². The topological polar surface area (TPSA) is 51.2 Å². The van der Waals surface area contributed by atoms with Crippen molar-refractivity contribution >= 4 is 21.8 Å². The van der Waals surface area contributed by atoms with Crippen LogP contribution in [0.15, 0.2) is 22.9 Å². The summed E-state index contributed by atoms with van der Waals surface area (Å²) in [6.45, 7) is 4.57. The Morgan fingerprint density at radius 2 is 2.28 bits per heavy atom. The molecule has 0 saturated heterocycles. The van der Waals surface area contributed by atoms with Gasteiger partial charge in [-0.25, -0.2) is 4.98 Å². The lowest BCUT2D eigenvalue weighted by atomic mass is 10.2. The Morgan fingerprint density at radius 1 is 1.50 bits per heavy atom. The second kappa shape index (κ2) is 8.08. The van der Waals surface area contributed by atoms with Gasteiger partial charge in [-0.1, -0.05) is 19.8 Å². The minimum Gasteiger partial charge on any atom is -0.479 e. The number of halogens is 1. The molecule has 1 N–H and O–H groups in total. The first kappa shape index (κ1) is 15.0. The van der Waals surface area contributed by atoms with Crippen LogP contribution in [0.1, 0.15) is 33.1 Å². The highest BCUT2D eigenvalue weighted by Gasteiger charge is 2.13. The van der Waals surface area contributed by atoms with Crippen LogP contribution in [0, 0.1) is 0 Å². The summed E-state index contributed by atoms with van der Waals surface area (Å²) in [7, 11) is 0. The first-order chi connectivity index (χ1) is 8.63. The fraction of sp³-hybridized carbons (Fsp3) is 0.538. The van der Waals surface area contributed by atoms with E-state index in [-0.39, 0.29) is 5.91 Å². The van der Waals surface area contributed by atoms with Crippen molar-refractivity contribution in [3.05, 3.63) is 22.9 Å². The van der Waals surface area contributed by atoms with Crippen molar-refractivity contribution in [2.75, 3.05) is 6.54 Å². The smallest absolute Gasteiger partial charge is 0.260 e. The lowest BCUT2D eigenvalue weighted by Crippen LogP contribution is -2.36. The van der Waals surface area contributed by atoms with Gasteiger partial charge in [-0.15, -0.1) is 0 Å². The summed E-state index contributed by atoms with van der Waals surface area (Å²) < 4.78 is 6.23. The van der Waals surface area contributed by atoms with Crippen LogP contribution in [-0.4, -0.2) is 23.5 Å². The quantitative estimate of drug-likeness (QED) is 0.622. The van der Waals surface area contributed by atoms with Gasteiger partial charge in [0.15, 0.2) is 6.10 Å². The van der Waals surface area contributed by atoms with E-state index in [1.54, 1.807) is 25.3 Å². The predicted octanol–water partition coefficient (Wildman–Crippen LogP) is 2.92. The number of rotatable bonds is 7. The van der Waals surface area contributed by atoms with E-state index in [4.69, 9.17) is 4.74 Å². The number of carbonyl (C=O) groups excluding carboxylic acids is 1. The van der Waals surface area contributed by atoms with E-state index in [1.807, 2.05) is 0 Å². The van der Waals surface area contributed by atoms with Crippen LogP contribution in [0.2, 0.25) is 0 Å². The van der Waals surface area contributed by atoms with Gasteiger partial charge in [-0.2, -0.15) is 0 Å². The molecule has 1 rings (SSSR count). The van der Waals surface area contributed by atoms with Crippen LogP contribution >= 0.6 is 15.9 Å². The van der Waals surface area contributed by atoms with Crippen molar-refractivity contribution < 1.29 is 9.53 Å². The second-order valence-corrected chi connectivity index (χ2v) is 4.89. The lowest BCUT2D eigenvalue weighted by molar-refractivity contribution is -0.127. The molecule has 0 bridgehead atoms. The molecule has 1 atom stereocenters. The van der Waals surface area contributed by atoms with Crippen LogP contribution in [0.25, 0.3) is 0 Å². The van der Waals surface area contributed by atoms with Crippen LogP contribution in [-0.2, 0) is 4.79 Å². The average Bonchev–Trinajstić information content (AvgIpc) is 2.37. The number of hydrogen-bond donors (Lipinski definition) is 1. The standard InChI is InChI=1S/C13H19BrN2O2/c1-3-4-5-8-15-13(17)10(2)18-11-6-7-12(14)16-9-11/h6-7,9-10H,3-5,8H2,1-2H3,(H,15,17). The molecule has 0 fully saturated rings. The highest BCUT2D eigenvalue weighted by Crippen LogP contribution is 2.14. The zero-order valence-corrected chi connectivity index (χ0v) is 12.4. The fourth-order valence-electron chi connectivity index (χ4n) is 1.42. The molecule has 0 aliphatic carbocycles. The molecule has 18 heavy (non-hydrogen) atoms. The minimum atomic E-state index is -0.505. The number of amides is 1. The number of pyridine rings is 1. The van der Waals surface area contributed by atoms with Gasteiger partial charge in [-0.05, 0) is 41.4 Å². The summed E-state index contributed by atoms with van der Waals surface area (Å²) in [6.07, 6.45) is 4.37. The molecule has 0 aliphatic rings. The maximum Gasteiger partial charge on any atom is 0.260 e. The molecule has 1 unspecified atom stereocenters. The van der Waals surface area contributed by atoms with Crippen molar-refractivity contribution in [3.63, 3.8) is 0 Å². The number of nitrogens with zero attached hydrogens (tertiary/aromatic N) is 1. The van der Waals surface area contributed by atoms with E-state index >= 15 is 0 Å². The second-order valence-electron chi connectivity index (χ2n) is 4.07. The molecule has 0 saturated carbocycles. The van der Waals surface area contributed by atoms with Crippen molar-refractivity contribution in [1.82, 2.24) is 10.3 Å². The zero-order valence-electron chi connectivity index (χ0n) is 10.8. The number of aromatic nitrogens is 1. The van der Waals surface area contributed by atoms with Crippen molar-refractivity contribution in [2.24, 2.45) is 0 Å². The van der Waals surface area contributed by atoms with Gasteiger partial charge in [-0.3, -0.25) is 4.79 Å². The lowest BCUT2D eigenvalue weighted by Gasteiger charge is -2.14. The van der Waals surface area contributed by atoms with Crippen LogP contribution in [0.5, 0.6) is 5.75 Å². The number of unbranched alkanes of at least 4 members (excludes halogenated alkanes) is 2. The number of carbonyl (C=O) groups is 1. The third-order valence-electron chi connectivity index (χ3n) is 2.46. The number of ether oxygens (including phenoxy) is 1. The Morgan fingerprint density at radius 3 is 2.89 bits per heavy atom. The van der Waals surface area contributed by atoms with E-state index < -0.39 is 6.10 Å². The molecule has 1 heterocycles. The fourth-order valence-corrected chi connectivity index (χ4v) is 1.65. The maximum atomic E-state index is 11.7. The molecular weight excluding hydrogens is 296 g/mol. The van der Waals surface area contributed by atoms with Crippen LogP contribution < -0.4 is 10.1 Å². The molecule has 0 radical (unpaired) electrons. The van der Waals surface area contributed by atoms with Gasteiger partial charge >= 0.3 is 0 Å². The van der Waals surface area contributed by atoms with E-state index in [9.17, 15) is 4.79 Å². The van der Waals surface area contributed by atoms with Crippen LogP contribution in [0.3, 0.4) is 0 Å². The highest BCUT2D eigenvalue weighted by molar-refractivity contribution is 9.10. The summed E-state index contributed by atoms with van der Waals surface area (Å²) in [5.74, 6) is 0.503. The minimum absolute atomic E-state index is 0.0889. The van der Waals surface area contributed by atoms with E-state index in [2.05, 4.69) is 33.2 Å².